The number of esters is 1. The van der Waals surface area contributed by atoms with Crippen LogP contribution in [0, 0.1) is 5.82 Å². The van der Waals surface area contributed by atoms with Crippen LogP contribution in [0.4, 0.5) is 15.8 Å². The van der Waals surface area contributed by atoms with Gasteiger partial charge in [-0.05, 0) is 36.4 Å². The fourth-order valence-electron chi connectivity index (χ4n) is 1.79. The van der Waals surface area contributed by atoms with Crippen molar-refractivity contribution < 1.29 is 18.7 Å². The van der Waals surface area contributed by atoms with Gasteiger partial charge in [0.2, 0.25) is 5.91 Å². The molecule has 2 N–H and O–H groups in total. The first-order chi connectivity index (χ1) is 10.6. The summed E-state index contributed by atoms with van der Waals surface area (Å²) in [5.74, 6) is -1.19. The van der Waals surface area contributed by atoms with Crippen molar-refractivity contribution in [1.29, 1.82) is 0 Å². The molecule has 2 rings (SSSR count). The van der Waals surface area contributed by atoms with Crippen molar-refractivity contribution in [2.24, 2.45) is 0 Å². The molecule has 0 aliphatic carbocycles. The van der Waals surface area contributed by atoms with E-state index in [0.29, 0.717) is 11.3 Å². The summed E-state index contributed by atoms with van der Waals surface area (Å²) in [5.41, 5.74) is 1.19. The van der Waals surface area contributed by atoms with E-state index in [1.165, 1.54) is 13.2 Å². The molecule has 0 aromatic heterocycles. The molecule has 22 heavy (non-hydrogen) atoms. The fraction of sp³-hybridized carbons (Fsp3) is 0.125. The molecule has 1 amide bonds. The van der Waals surface area contributed by atoms with Crippen LogP contribution in [0.2, 0.25) is 0 Å². The Balaban J connectivity index is 1.89. The summed E-state index contributed by atoms with van der Waals surface area (Å²) in [5, 5.41) is 5.35. The Labute approximate surface area is 127 Å². The summed E-state index contributed by atoms with van der Waals surface area (Å²) < 4.78 is 18.0. The zero-order valence-corrected chi connectivity index (χ0v) is 11.9. The molecule has 0 saturated heterocycles. The van der Waals surface area contributed by atoms with Crippen LogP contribution in [0.1, 0.15) is 10.4 Å². The Morgan fingerprint density at radius 2 is 1.77 bits per heavy atom. The highest BCUT2D eigenvalue weighted by atomic mass is 19.1. The summed E-state index contributed by atoms with van der Waals surface area (Å²) in [6.07, 6.45) is 0. The summed E-state index contributed by atoms with van der Waals surface area (Å²) in [7, 11) is 1.30. The molecule has 0 unspecified atom stereocenters. The van der Waals surface area contributed by atoms with Crippen molar-refractivity contribution in [3.05, 3.63) is 59.9 Å². The van der Waals surface area contributed by atoms with Gasteiger partial charge in [-0.3, -0.25) is 4.79 Å². The van der Waals surface area contributed by atoms with E-state index in [1.54, 1.807) is 42.5 Å². The van der Waals surface area contributed by atoms with Crippen LogP contribution in [0.25, 0.3) is 0 Å². The topological polar surface area (TPSA) is 67.4 Å². The number of nitrogens with one attached hydrogen (secondary N) is 2. The van der Waals surface area contributed by atoms with Crippen LogP contribution in [0.3, 0.4) is 0 Å². The van der Waals surface area contributed by atoms with Crippen molar-refractivity contribution in [1.82, 2.24) is 0 Å². The predicted octanol–water partition coefficient (Wildman–Crippen LogP) is 2.66. The largest absolute Gasteiger partial charge is 0.465 e. The lowest BCUT2D eigenvalue weighted by molar-refractivity contribution is -0.114. The van der Waals surface area contributed by atoms with Crippen LogP contribution in [-0.2, 0) is 9.53 Å². The van der Waals surface area contributed by atoms with Crippen molar-refractivity contribution in [3.8, 4) is 0 Å². The maximum atomic E-state index is 13.4. The van der Waals surface area contributed by atoms with Crippen molar-refractivity contribution in [3.63, 3.8) is 0 Å². The first-order valence-electron chi connectivity index (χ1n) is 6.57. The molecule has 0 radical (unpaired) electrons. The third-order valence-electron chi connectivity index (χ3n) is 2.90. The number of carbonyl (C=O) groups excluding carboxylic acids is 2. The average molecular weight is 302 g/mol. The number of hydrogen-bond acceptors (Lipinski definition) is 4. The zero-order chi connectivity index (χ0) is 15.9. The summed E-state index contributed by atoms with van der Waals surface area (Å²) in [6, 6.07) is 12.4. The predicted molar refractivity (Wildman–Crippen MR) is 81.3 cm³/mol. The number of amides is 1. The highest BCUT2D eigenvalue weighted by molar-refractivity contribution is 5.95. The first-order valence-corrected chi connectivity index (χ1v) is 6.57. The molecule has 114 valence electrons. The van der Waals surface area contributed by atoms with Gasteiger partial charge >= 0.3 is 5.97 Å². The van der Waals surface area contributed by atoms with Gasteiger partial charge in [-0.1, -0.05) is 12.1 Å². The smallest absolute Gasteiger partial charge is 0.337 e. The third kappa shape index (κ3) is 4.05. The van der Waals surface area contributed by atoms with Crippen LogP contribution < -0.4 is 10.6 Å². The number of methoxy groups -OCH3 is 1. The number of rotatable bonds is 5. The highest BCUT2D eigenvalue weighted by Crippen LogP contribution is 2.13. The number of ether oxygens (including phenoxy) is 1. The third-order valence-corrected chi connectivity index (χ3v) is 2.90. The normalized spacial score (nSPS) is 9.91. The molecule has 0 spiro atoms. The molecule has 0 heterocycles. The minimum Gasteiger partial charge on any atom is -0.465 e. The van der Waals surface area contributed by atoms with Crippen molar-refractivity contribution in [2.75, 3.05) is 24.3 Å². The first kappa shape index (κ1) is 15.5. The van der Waals surface area contributed by atoms with Crippen molar-refractivity contribution >= 4 is 23.3 Å². The Morgan fingerprint density at radius 1 is 1.09 bits per heavy atom. The molecule has 0 fully saturated rings. The lowest BCUT2D eigenvalue weighted by atomic mass is 10.2. The molecule has 2 aromatic carbocycles. The van der Waals surface area contributed by atoms with E-state index in [9.17, 15) is 14.0 Å². The molecule has 5 nitrogen and oxygen atoms in total. The molecule has 0 aliphatic rings. The van der Waals surface area contributed by atoms with E-state index in [4.69, 9.17) is 0 Å². The van der Waals surface area contributed by atoms with Gasteiger partial charge in [-0.25, -0.2) is 9.18 Å². The van der Waals surface area contributed by atoms with Crippen LogP contribution in [0.5, 0.6) is 0 Å². The molecule has 0 aliphatic heterocycles. The van der Waals surface area contributed by atoms with Gasteiger partial charge < -0.3 is 15.4 Å². The SMILES string of the molecule is COC(=O)c1ccc(NC(=O)CNc2ccccc2F)cc1. The molecule has 0 atom stereocenters. The Morgan fingerprint density at radius 3 is 2.41 bits per heavy atom. The van der Waals surface area contributed by atoms with Gasteiger partial charge in [0.15, 0.2) is 0 Å². The van der Waals surface area contributed by atoms with E-state index in [1.807, 2.05) is 0 Å². The molecule has 0 bridgehead atoms. The number of carbonyl (C=O) groups is 2. The molecular weight excluding hydrogens is 287 g/mol. The fourth-order valence-corrected chi connectivity index (χ4v) is 1.79. The Hall–Kier alpha value is -2.89. The molecular formula is C16H15FN2O3. The highest BCUT2D eigenvalue weighted by Gasteiger charge is 2.07. The maximum Gasteiger partial charge on any atom is 0.337 e. The quantitative estimate of drug-likeness (QED) is 0.833. The van der Waals surface area contributed by atoms with Crippen LogP contribution >= 0.6 is 0 Å². The zero-order valence-electron chi connectivity index (χ0n) is 11.9. The number of benzene rings is 2. The van der Waals surface area contributed by atoms with E-state index in [2.05, 4.69) is 15.4 Å². The van der Waals surface area contributed by atoms with Gasteiger partial charge in [0, 0.05) is 5.69 Å². The second-order valence-electron chi connectivity index (χ2n) is 4.45. The number of para-hydroxylation sites is 1. The minimum absolute atomic E-state index is 0.0698. The lowest BCUT2D eigenvalue weighted by Crippen LogP contribution is -2.22. The standard InChI is InChI=1S/C16H15FN2O3/c1-22-16(21)11-6-8-12(9-7-11)19-15(20)10-18-14-5-3-2-4-13(14)17/h2-9,18H,10H2,1H3,(H,19,20). The second kappa shape index (κ2) is 7.21. The molecule has 2 aromatic rings. The molecule has 6 heteroatoms. The van der Waals surface area contributed by atoms with Gasteiger partial charge in [0.05, 0.1) is 24.9 Å². The number of anilines is 2. The summed E-state index contributed by atoms with van der Waals surface area (Å²) in [4.78, 5) is 23.1. The van der Waals surface area contributed by atoms with Gasteiger partial charge in [0.25, 0.3) is 0 Å². The maximum absolute atomic E-state index is 13.4. The monoisotopic (exact) mass is 302 g/mol. The van der Waals surface area contributed by atoms with Crippen LogP contribution in [0.15, 0.2) is 48.5 Å². The van der Waals surface area contributed by atoms with Crippen molar-refractivity contribution in [2.45, 2.75) is 0 Å². The van der Waals surface area contributed by atoms with E-state index in [0.717, 1.165) is 0 Å². The van der Waals surface area contributed by atoms with E-state index < -0.39 is 11.8 Å². The number of halogens is 1. The average Bonchev–Trinajstić information content (AvgIpc) is 2.54. The minimum atomic E-state index is -0.445. The molecule has 0 saturated carbocycles. The summed E-state index contributed by atoms with van der Waals surface area (Å²) in [6.45, 7) is -0.0698. The number of hydrogen-bond donors (Lipinski definition) is 2. The second-order valence-corrected chi connectivity index (χ2v) is 4.45. The van der Waals surface area contributed by atoms with Gasteiger partial charge in [-0.2, -0.15) is 0 Å². The summed E-state index contributed by atoms with van der Waals surface area (Å²) >= 11 is 0. The lowest BCUT2D eigenvalue weighted by Gasteiger charge is -2.08. The Bertz CT molecular complexity index is 671. The van der Waals surface area contributed by atoms with Crippen LogP contribution in [-0.4, -0.2) is 25.5 Å². The Kier molecular flexibility index (Phi) is 5.08. The van der Waals surface area contributed by atoms with E-state index >= 15 is 0 Å². The van der Waals surface area contributed by atoms with E-state index in [-0.39, 0.29) is 18.1 Å². The van der Waals surface area contributed by atoms with Gasteiger partial charge in [-0.15, -0.1) is 0 Å². The van der Waals surface area contributed by atoms with Gasteiger partial charge in [0.1, 0.15) is 5.82 Å².